The van der Waals surface area contributed by atoms with Gasteiger partial charge in [0.1, 0.15) is 0 Å². The molecule has 1 unspecified atom stereocenters. The number of hydrogen-bond donors (Lipinski definition) is 1. The number of benzene rings is 1. The minimum Gasteiger partial charge on any atom is -0.371 e. The van der Waals surface area contributed by atoms with Crippen molar-refractivity contribution in [3.8, 4) is 0 Å². The zero-order valence-corrected chi connectivity index (χ0v) is 14.8. The van der Waals surface area contributed by atoms with Crippen LogP contribution in [0.4, 0.5) is 5.69 Å². The zero-order chi connectivity index (χ0) is 15.8. The molecule has 2 heteroatoms. The molecule has 0 aliphatic carbocycles. The summed E-state index contributed by atoms with van der Waals surface area (Å²) in [6.07, 6.45) is 1.13. The summed E-state index contributed by atoms with van der Waals surface area (Å²) in [7, 11) is 0. The molecule has 1 N–H and O–H groups in total. The fourth-order valence-electron chi connectivity index (χ4n) is 2.94. The van der Waals surface area contributed by atoms with Crippen LogP contribution in [0.25, 0.3) is 0 Å². The van der Waals surface area contributed by atoms with E-state index in [1.165, 1.54) is 11.3 Å². The third-order valence-corrected chi connectivity index (χ3v) is 3.68. The van der Waals surface area contributed by atoms with Crippen LogP contribution >= 0.6 is 0 Å². The van der Waals surface area contributed by atoms with Crippen molar-refractivity contribution < 1.29 is 0 Å². The molecule has 0 aromatic heterocycles. The topological polar surface area (TPSA) is 15.3 Å². The van der Waals surface area contributed by atoms with Gasteiger partial charge >= 0.3 is 0 Å². The predicted molar refractivity (Wildman–Crippen MR) is 95.0 cm³/mol. The van der Waals surface area contributed by atoms with Crippen LogP contribution in [0, 0.1) is 11.8 Å². The molecular weight excluding hydrogens is 256 g/mol. The molecule has 1 rings (SSSR count). The summed E-state index contributed by atoms with van der Waals surface area (Å²) in [6, 6.07) is 9.38. The largest absolute Gasteiger partial charge is 0.371 e. The van der Waals surface area contributed by atoms with Gasteiger partial charge in [-0.2, -0.15) is 0 Å². The van der Waals surface area contributed by atoms with Crippen molar-refractivity contribution >= 4 is 5.69 Å². The predicted octanol–water partition coefficient (Wildman–Crippen LogP) is 4.87. The first-order valence-corrected chi connectivity index (χ1v) is 8.56. The van der Waals surface area contributed by atoms with Crippen molar-refractivity contribution in [1.29, 1.82) is 0 Å². The lowest BCUT2D eigenvalue weighted by molar-refractivity contribution is 0.523. The van der Waals surface area contributed by atoms with E-state index >= 15 is 0 Å². The van der Waals surface area contributed by atoms with Gasteiger partial charge in [0.15, 0.2) is 0 Å². The second kappa shape index (κ2) is 9.09. The Morgan fingerprint density at radius 1 is 0.952 bits per heavy atom. The summed E-state index contributed by atoms with van der Waals surface area (Å²) in [5, 5.41) is 3.62. The number of nitrogens with zero attached hydrogens (tertiary/aromatic N) is 1. The molecule has 0 aliphatic heterocycles. The van der Waals surface area contributed by atoms with Crippen molar-refractivity contribution in [2.45, 2.75) is 54.0 Å². The molecule has 0 aliphatic rings. The first-order valence-electron chi connectivity index (χ1n) is 8.56. The highest BCUT2D eigenvalue weighted by molar-refractivity contribution is 5.55. The van der Waals surface area contributed by atoms with Crippen LogP contribution in [0.1, 0.15) is 59.6 Å². The van der Waals surface area contributed by atoms with Gasteiger partial charge in [-0.25, -0.2) is 0 Å². The summed E-state index contributed by atoms with van der Waals surface area (Å²) < 4.78 is 0. The van der Waals surface area contributed by atoms with Crippen LogP contribution in [0.15, 0.2) is 24.3 Å². The molecule has 0 heterocycles. The fourth-order valence-corrected chi connectivity index (χ4v) is 2.94. The summed E-state index contributed by atoms with van der Waals surface area (Å²) >= 11 is 0. The first kappa shape index (κ1) is 18.0. The third-order valence-electron chi connectivity index (χ3n) is 3.68. The molecule has 0 radical (unpaired) electrons. The Bertz CT molecular complexity index is 388. The third kappa shape index (κ3) is 5.70. The molecule has 2 nitrogen and oxygen atoms in total. The van der Waals surface area contributed by atoms with E-state index in [1.807, 2.05) is 0 Å². The minimum atomic E-state index is 0.452. The monoisotopic (exact) mass is 290 g/mol. The Balaban J connectivity index is 3.11. The fraction of sp³-hybridized carbons (Fsp3) is 0.684. The molecule has 0 bridgehead atoms. The van der Waals surface area contributed by atoms with Crippen molar-refractivity contribution in [3.05, 3.63) is 29.8 Å². The number of nitrogens with one attached hydrogen (secondary N) is 1. The second-order valence-corrected chi connectivity index (χ2v) is 6.77. The molecular formula is C19H34N2. The Hall–Kier alpha value is -1.02. The maximum Gasteiger partial charge on any atom is 0.0414 e. The standard InChI is InChI=1S/C19H34N2/c1-7-18(20-8-2)17-11-9-10-12-19(17)21(13-15(3)4)14-16(5)6/h9-12,15-16,18,20H,7-8,13-14H2,1-6H3. The van der Waals surface area contributed by atoms with Gasteiger partial charge in [0.25, 0.3) is 0 Å². The Labute approximate surface area is 131 Å². The molecule has 21 heavy (non-hydrogen) atoms. The molecule has 0 fully saturated rings. The molecule has 0 saturated carbocycles. The van der Waals surface area contributed by atoms with Crippen molar-refractivity contribution in [1.82, 2.24) is 5.32 Å². The van der Waals surface area contributed by atoms with Gasteiger partial charge in [0, 0.05) is 24.8 Å². The van der Waals surface area contributed by atoms with Crippen LogP contribution in [-0.2, 0) is 0 Å². The van der Waals surface area contributed by atoms with Crippen molar-refractivity contribution in [3.63, 3.8) is 0 Å². The van der Waals surface area contributed by atoms with Crippen LogP contribution in [0.5, 0.6) is 0 Å². The minimum absolute atomic E-state index is 0.452. The van der Waals surface area contributed by atoms with E-state index in [0.717, 1.165) is 26.1 Å². The van der Waals surface area contributed by atoms with E-state index in [-0.39, 0.29) is 0 Å². The number of para-hydroxylation sites is 1. The second-order valence-electron chi connectivity index (χ2n) is 6.77. The van der Waals surface area contributed by atoms with Crippen LogP contribution in [0.3, 0.4) is 0 Å². The first-order chi connectivity index (χ1) is 9.99. The number of hydrogen-bond acceptors (Lipinski definition) is 2. The summed E-state index contributed by atoms with van der Waals surface area (Å²) in [5.74, 6) is 1.35. The quantitative estimate of drug-likeness (QED) is 0.698. The van der Waals surface area contributed by atoms with Gasteiger partial charge in [0.2, 0.25) is 0 Å². The SMILES string of the molecule is CCNC(CC)c1ccccc1N(CC(C)C)CC(C)C. The highest BCUT2D eigenvalue weighted by atomic mass is 15.1. The van der Waals surface area contributed by atoms with Crippen molar-refractivity contribution in [2.75, 3.05) is 24.5 Å². The molecule has 1 atom stereocenters. The van der Waals surface area contributed by atoms with Crippen molar-refractivity contribution in [2.24, 2.45) is 11.8 Å². The molecule has 0 spiro atoms. The number of rotatable bonds is 9. The normalized spacial score (nSPS) is 13.0. The zero-order valence-electron chi connectivity index (χ0n) is 14.8. The molecule has 1 aromatic rings. The van der Waals surface area contributed by atoms with Gasteiger partial charge in [-0.1, -0.05) is 59.7 Å². The van der Waals surface area contributed by atoms with Crippen LogP contribution in [0.2, 0.25) is 0 Å². The smallest absolute Gasteiger partial charge is 0.0414 e. The van der Waals surface area contributed by atoms with Gasteiger partial charge in [-0.3, -0.25) is 0 Å². The lowest BCUT2D eigenvalue weighted by atomic mass is 10.00. The highest BCUT2D eigenvalue weighted by Gasteiger charge is 2.18. The molecule has 0 amide bonds. The van der Waals surface area contributed by atoms with Crippen LogP contribution in [-0.4, -0.2) is 19.6 Å². The van der Waals surface area contributed by atoms with E-state index in [9.17, 15) is 0 Å². The molecule has 0 saturated heterocycles. The van der Waals surface area contributed by atoms with Crippen LogP contribution < -0.4 is 10.2 Å². The van der Waals surface area contributed by atoms with Gasteiger partial charge in [-0.05, 0) is 36.4 Å². The maximum absolute atomic E-state index is 3.62. The van der Waals surface area contributed by atoms with Gasteiger partial charge in [0.05, 0.1) is 0 Å². The van der Waals surface area contributed by atoms with E-state index in [0.29, 0.717) is 17.9 Å². The highest BCUT2D eigenvalue weighted by Crippen LogP contribution is 2.29. The van der Waals surface area contributed by atoms with E-state index < -0.39 is 0 Å². The van der Waals surface area contributed by atoms with E-state index in [2.05, 4.69) is 76.0 Å². The Morgan fingerprint density at radius 2 is 1.52 bits per heavy atom. The molecule has 120 valence electrons. The van der Waals surface area contributed by atoms with Gasteiger partial charge < -0.3 is 10.2 Å². The number of anilines is 1. The summed E-state index contributed by atoms with van der Waals surface area (Å²) in [4.78, 5) is 2.57. The average Bonchev–Trinajstić information content (AvgIpc) is 2.43. The average molecular weight is 290 g/mol. The van der Waals surface area contributed by atoms with E-state index in [4.69, 9.17) is 0 Å². The lowest BCUT2D eigenvalue weighted by Crippen LogP contribution is -2.33. The Kier molecular flexibility index (Phi) is 7.81. The summed E-state index contributed by atoms with van der Waals surface area (Å²) in [6.45, 7) is 16.9. The lowest BCUT2D eigenvalue weighted by Gasteiger charge is -2.32. The summed E-state index contributed by atoms with van der Waals surface area (Å²) in [5.41, 5.74) is 2.86. The van der Waals surface area contributed by atoms with E-state index in [1.54, 1.807) is 0 Å². The maximum atomic E-state index is 3.62. The molecule has 1 aromatic carbocycles. The van der Waals surface area contributed by atoms with Gasteiger partial charge in [-0.15, -0.1) is 0 Å². The Morgan fingerprint density at radius 3 is 2.00 bits per heavy atom.